The number of amides is 1. The number of nitriles is 1. The van der Waals surface area contributed by atoms with Crippen LogP contribution in [0.5, 0.6) is 5.75 Å². The van der Waals surface area contributed by atoms with Crippen molar-refractivity contribution in [3.8, 4) is 11.8 Å². The van der Waals surface area contributed by atoms with Crippen molar-refractivity contribution in [2.24, 2.45) is 0 Å². The first kappa shape index (κ1) is 22.7. The molecule has 1 amide bonds. The molecule has 3 aromatic rings. The summed E-state index contributed by atoms with van der Waals surface area (Å²) in [6, 6.07) is 7.88. The van der Waals surface area contributed by atoms with Gasteiger partial charge in [0, 0.05) is 11.9 Å². The number of aromatic hydroxyl groups is 1. The lowest BCUT2D eigenvalue weighted by Gasteiger charge is -2.30. The van der Waals surface area contributed by atoms with Crippen molar-refractivity contribution in [3.05, 3.63) is 69.0 Å². The Labute approximate surface area is 188 Å². The van der Waals surface area contributed by atoms with Gasteiger partial charge in [0.05, 0.1) is 34.4 Å². The summed E-state index contributed by atoms with van der Waals surface area (Å²) in [4.78, 5) is 36.8. The van der Waals surface area contributed by atoms with Crippen LogP contribution in [0.2, 0.25) is 0 Å². The summed E-state index contributed by atoms with van der Waals surface area (Å²) in [7, 11) is 0. The van der Waals surface area contributed by atoms with Gasteiger partial charge in [-0.3, -0.25) is 19.0 Å². The summed E-state index contributed by atoms with van der Waals surface area (Å²) < 4.78 is 40.1. The number of halogens is 3. The topological polar surface area (TPSA) is 144 Å². The van der Waals surface area contributed by atoms with Gasteiger partial charge in [-0.05, 0) is 29.8 Å². The molecule has 0 saturated heterocycles. The van der Waals surface area contributed by atoms with Crippen molar-refractivity contribution in [2.45, 2.75) is 12.2 Å². The van der Waals surface area contributed by atoms with E-state index in [4.69, 9.17) is 5.11 Å². The lowest BCUT2D eigenvalue weighted by Crippen LogP contribution is -2.40. The van der Waals surface area contributed by atoms with Crippen LogP contribution >= 0.6 is 0 Å². The Hall–Kier alpha value is -4.53. The zero-order valence-corrected chi connectivity index (χ0v) is 17.1. The maximum atomic E-state index is 13.4. The number of hydrogen-bond acceptors (Lipinski definition) is 6. The number of hydrogen-bond donors (Lipinski definition) is 4. The third-order valence-electron chi connectivity index (χ3n) is 5.45. The van der Waals surface area contributed by atoms with Gasteiger partial charge < -0.3 is 20.8 Å². The van der Waals surface area contributed by atoms with Crippen molar-refractivity contribution in [1.82, 2.24) is 9.88 Å². The molecule has 0 radical (unpaired) electrons. The molecule has 1 aliphatic rings. The Balaban J connectivity index is 1.97. The number of rotatable bonds is 4. The smallest absolute Gasteiger partial charge is 0.416 e. The van der Waals surface area contributed by atoms with Crippen LogP contribution in [0.1, 0.15) is 33.1 Å². The number of carbonyl (C=O) groups excluding carboxylic acids is 1. The van der Waals surface area contributed by atoms with Gasteiger partial charge >= 0.3 is 12.1 Å². The number of alkyl halides is 3. The van der Waals surface area contributed by atoms with Crippen molar-refractivity contribution in [3.63, 3.8) is 0 Å². The average Bonchev–Trinajstić information content (AvgIpc) is 2.80. The minimum atomic E-state index is -4.55. The highest BCUT2D eigenvalue weighted by atomic mass is 19.4. The summed E-state index contributed by atoms with van der Waals surface area (Å²) in [5, 5.41) is 33.9. The first-order chi connectivity index (χ1) is 16.0. The van der Waals surface area contributed by atoms with Crippen LogP contribution in [-0.2, 0) is 11.0 Å². The fraction of sp³-hybridized carbons (Fsp3) is 0.182. The molecule has 1 aliphatic heterocycles. The van der Waals surface area contributed by atoms with Crippen molar-refractivity contribution in [1.29, 1.82) is 5.26 Å². The summed E-state index contributed by atoms with van der Waals surface area (Å²) in [6.45, 7) is -0.785. The Morgan fingerprint density at radius 1 is 1.24 bits per heavy atom. The van der Waals surface area contributed by atoms with E-state index >= 15 is 0 Å². The molecule has 2 aromatic carbocycles. The van der Waals surface area contributed by atoms with Crippen LogP contribution in [0.15, 0.2) is 41.2 Å². The standard InChI is InChI=1S/C22H15F3N4O5/c23-22(24,25)12-3-1-11(2-4-12)15-8-27-14-6-10(7-26)5-13-18(14)29(15)21(34)17(19(13)32)20(33)28-9-16(30)31/h1-6,15,27,32H,8-9H2,(H,28,33)(H,30,31). The van der Waals surface area contributed by atoms with E-state index in [0.717, 1.165) is 16.7 Å². The molecule has 1 unspecified atom stereocenters. The van der Waals surface area contributed by atoms with Crippen LogP contribution in [0.3, 0.4) is 0 Å². The molecule has 0 fully saturated rings. The number of anilines is 1. The number of benzene rings is 2. The number of nitrogens with zero attached hydrogens (tertiary/aromatic N) is 2. The van der Waals surface area contributed by atoms with Crippen LogP contribution < -0.4 is 16.2 Å². The molecule has 0 saturated carbocycles. The van der Waals surface area contributed by atoms with E-state index in [1.165, 1.54) is 24.3 Å². The van der Waals surface area contributed by atoms with E-state index in [1.807, 2.05) is 11.4 Å². The lowest BCUT2D eigenvalue weighted by atomic mass is 9.98. The number of nitrogens with one attached hydrogen (secondary N) is 2. The second-order valence-corrected chi connectivity index (χ2v) is 7.52. The Morgan fingerprint density at radius 2 is 1.91 bits per heavy atom. The minimum Gasteiger partial charge on any atom is -0.506 e. The molecule has 9 nitrogen and oxygen atoms in total. The summed E-state index contributed by atoms with van der Waals surface area (Å²) in [5.74, 6) is -3.27. The van der Waals surface area contributed by atoms with Crippen molar-refractivity contribution < 1.29 is 33.0 Å². The molecule has 1 aromatic heterocycles. The van der Waals surface area contributed by atoms with E-state index in [2.05, 4.69) is 5.32 Å². The van der Waals surface area contributed by atoms with E-state index in [0.29, 0.717) is 11.3 Å². The van der Waals surface area contributed by atoms with Gasteiger partial charge in [0.15, 0.2) is 0 Å². The van der Waals surface area contributed by atoms with Crippen molar-refractivity contribution >= 4 is 28.5 Å². The molecule has 1 atom stereocenters. The zero-order chi connectivity index (χ0) is 24.8. The van der Waals surface area contributed by atoms with E-state index in [1.54, 1.807) is 0 Å². The minimum absolute atomic E-state index is 0.0294. The van der Waals surface area contributed by atoms with Gasteiger partial charge in [0.1, 0.15) is 17.9 Å². The summed E-state index contributed by atoms with van der Waals surface area (Å²) in [6.07, 6.45) is -4.55. The molecule has 2 heterocycles. The highest BCUT2D eigenvalue weighted by Gasteiger charge is 2.33. The molecule has 0 bridgehead atoms. The van der Waals surface area contributed by atoms with Gasteiger partial charge in [-0.2, -0.15) is 18.4 Å². The van der Waals surface area contributed by atoms with Gasteiger partial charge in [-0.15, -0.1) is 0 Å². The number of aliphatic carboxylic acids is 1. The van der Waals surface area contributed by atoms with Crippen LogP contribution in [0, 0.1) is 11.3 Å². The number of carboxylic acids is 1. The molecule has 4 N–H and O–H groups in total. The molecule has 0 aliphatic carbocycles. The number of carboxylic acid groups (broad SMARTS) is 1. The molecule has 12 heteroatoms. The quantitative estimate of drug-likeness (QED) is 0.456. The fourth-order valence-electron chi connectivity index (χ4n) is 3.94. The lowest BCUT2D eigenvalue weighted by molar-refractivity contribution is -0.138. The molecule has 4 rings (SSSR count). The van der Waals surface area contributed by atoms with E-state index in [9.17, 15) is 37.9 Å². The highest BCUT2D eigenvalue weighted by molar-refractivity contribution is 6.06. The van der Waals surface area contributed by atoms with Gasteiger partial charge in [0.2, 0.25) is 0 Å². The normalized spacial score (nSPS) is 14.8. The Morgan fingerprint density at radius 3 is 2.50 bits per heavy atom. The highest BCUT2D eigenvalue weighted by Crippen LogP contribution is 2.38. The maximum absolute atomic E-state index is 13.4. The predicted molar refractivity (Wildman–Crippen MR) is 113 cm³/mol. The summed E-state index contributed by atoms with van der Waals surface area (Å²) in [5.41, 5.74) is -1.70. The third kappa shape index (κ3) is 3.77. The Bertz CT molecular complexity index is 1440. The van der Waals surface area contributed by atoms with Crippen molar-refractivity contribution in [2.75, 3.05) is 18.4 Å². The number of pyridine rings is 1. The molecule has 34 heavy (non-hydrogen) atoms. The van der Waals surface area contributed by atoms with Crippen LogP contribution in [0.25, 0.3) is 10.9 Å². The van der Waals surface area contributed by atoms with E-state index in [-0.39, 0.29) is 23.0 Å². The molecular weight excluding hydrogens is 457 g/mol. The second-order valence-electron chi connectivity index (χ2n) is 7.52. The first-order valence-electron chi connectivity index (χ1n) is 9.79. The van der Waals surface area contributed by atoms with Gasteiger partial charge in [0.25, 0.3) is 11.5 Å². The average molecular weight is 472 g/mol. The predicted octanol–water partition coefficient (Wildman–Crippen LogP) is 2.43. The molecular formula is C22H15F3N4O5. The first-order valence-corrected chi connectivity index (χ1v) is 9.79. The molecule has 0 spiro atoms. The third-order valence-corrected chi connectivity index (χ3v) is 5.45. The van der Waals surface area contributed by atoms with Gasteiger partial charge in [-0.1, -0.05) is 12.1 Å². The largest absolute Gasteiger partial charge is 0.506 e. The monoisotopic (exact) mass is 472 g/mol. The van der Waals surface area contributed by atoms with E-state index < -0.39 is 53.1 Å². The number of aromatic nitrogens is 1. The number of carbonyl (C=O) groups is 2. The molecule has 174 valence electrons. The maximum Gasteiger partial charge on any atom is 0.416 e. The SMILES string of the molecule is N#Cc1cc2c3c(c1)c(O)c(C(=O)NCC(=O)O)c(=O)n3C(c1ccc(C(F)(F)F)cc1)CN2. The zero-order valence-electron chi connectivity index (χ0n) is 17.1. The second kappa shape index (κ2) is 8.11. The van der Waals surface area contributed by atoms with Crippen LogP contribution in [0.4, 0.5) is 18.9 Å². The fourth-order valence-corrected chi connectivity index (χ4v) is 3.94. The Kier molecular flexibility index (Phi) is 5.40. The summed E-state index contributed by atoms with van der Waals surface area (Å²) >= 11 is 0. The van der Waals surface area contributed by atoms with Crippen LogP contribution in [-0.4, -0.2) is 39.7 Å². The van der Waals surface area contributed by atoms with Gasteiger partial charge in [-0.25, -0.2) is 0 Å².